The van der Waals surface area contributed by atoms with Crippen molar-refractivity contribution in [2.24, 2.45) is 5.84 Å². The van der Waals surface area contributed by atoms with E-state index in [1.165, 1.54) is 24.6 Å². The van der Waals surface area contributed by atoms with Crippen LogP contribution in [-0.4, -0.2) is 12.1 Å². The molecule has 0 amide bonds. The molecule has 104 valence electrons. The summed E-state index contributed by atoms with van der Waals surface area (Å²) in [6, 6.07) is 1.20. The Balaban J connectivity index is 2.29. The molecule has 1 unspecified atom stereocenters. The number of nitrogens with two attached hydrogens (primary N) is 1. The lowest BCUT2D eigenvalue weighted by atomic mass is 10.2. The second-order valence-corrected chi connectivity index (χ2v) is 5.56. The predicted molar refractivity (Wildman–Crippen MR) is 67.2 cm³/mol. The minimum atomic E-state index is -4.44. The summed E-state index contributed by atoms with van der Waals surface area (Å²) < 4.78 is 42.6. The number of ether oxygens (including phenoxy) is 1. The quantitative estimate of drug-likeness (QED) is 0.673. The van der Waals surface area contributed by atoms with Gasteiger partial charge < -0.3 is 4.74 Å². The van der Waals surface area contributed by atoms with Gasteiger partial charge in [-0.25, -0.2) is 10.4 Å². The highest BCUT2D eigenvalue weighted by atomic mass is 32.1. The molecule has 4 nitrogen and oxygen atoms in total. The van der Waals surface area contributed by atoms with Gasteiger partial charge in [0.05, 0.1) is 13.2 Å². The topological polar surface area (TPSA) is 60.2 Å². The number of halogens is 3. The molecule has 0 aliphatic rings. The summed E-state index contributed by atoms with van der Waals surface area (Å²) in [7, 11) is 1.52. The highest BCUT2D eigenvalue weighted by molar-refractivity contribution is 7.12. The third-order valence-electron chi connectivity index (χ3n) is 2.33. The average Bonchev–Trinajstić information content (AvgIpc) is 2.98. The second-order valence-electron chi connectivity index (χ2n) is 3.55. The van der Waals surface area contributed by atoms with Crippen LogP contribution < -0.4 is 16.0 Å². The van der Waals surface area contributed by atoms with Crippen molar-refractivity contribution < 1.29 is 17.9 Å². The van der Waals surface area contributed by atoms with Crippen LogP contribution >= 0.6 is 22.7 Å². The van der Waals surface area contributed by atoms with Crippen LogP contribution in [0.15, 0.2) is 17.6 Å². The van der Waals surface area contributed by atoms with Crippen LogP contribution in [0, 0.1) is 0 Å². The molecule has 9 heteroatoms. The summed E-state index contributed by atoms with van der Waals surface area (Å²) in [6.07, 6.45) is -3.25. The molecular formula is C10H10F3N3OS2. The zero-order chi connectivity index (χ0) is 14.0. The smallest absolute Gasteiger partial charge is 0.443 e. The Labute approximate surface area is 115 Å². The molecule has 0 aliphatic heterocycles. The minimum Gasteiger partial charge on any atom is -0.496 e. The van der Waals surface area contributed by atoms with E-state index in [2.05, 4.69) is 10.4 Å². The summed E-state index contributed by atoms with van der Waals surface area (Å²) in [5.74, 6) is 6.06. The molecule has 2 rings (SSSR count). The number of nitrogens with zero attached hydrogens (tertiary/aromatic N) is 1. The van der Waals surface area contributed by atoms with Crippen LogP contribution in [0.5, 0.6) is 5.75 Å². The van der Waals surface area contributed by atoms with E-state index in [0.717, 1.165) is 4.88 Å². The van der Waals surface area contributed by atoms with Gasteiger partial charge in [-0.15, -0.1) is 22.7 Å². The Morgan fingerprint density at radius 2 is 2.16 bits per heavy atom. The van der Waals surface area contributed by atoms with Crippen LogP contribution in [0.25, 0.3) is 0 Å². The monoisotopic (exact) mass is 309 g/mol. The lowest BCUT2D eigenvalue weighted by Crippen LogP contribution is -2.27. The number of aromatic nitrogens is 1. The first kappa shape index (κ1) is 14.3. The van der Waals surface area contributed by atoms with Crippen molar-refractivity contribution in [1.29, 1.82) is 0 Å². The van der Waals surface area contributed by atoms with E-state index < -0.39 is 17.2 Å². The van der Waals surface area contributed by atoms with Gasteiger partial charge >= 0.3 is 6.18 Å². The Morgan fingerprint density at radius 3 is 2.63 bits per heavy atom. The third-order valence-corrected chi connectivity index (χ3v) is 4.42. The van der Waals surface area contributed by atoms with Gasteiger partial charge in [-0.2, -0.15) is 13.2 Å². The Kier molecular flexibility index (Phi) is 4.09. The van der Waals surface area contributed by atoms with Gasteiger partial charge in [0.25, 0.3) is 0 Å². The predicted octanol–water partition coefficient (Wildman–Crippen LogP) is 2.78. The maximum Gasteiger partial charge on any atom is 0.443 e. The molecule has 0 aromatic carbocycles. The molecule has 2 aromatic rings. The van der Waals surface area contributed by atoms with Crippen LogP contribution in [0.2, 0.25) is 0 Å². The number of thiophene rings is 1. The Hall–Kier alpha value is -1.16. The first-order valence-corrected chi connectivity index (χ1v) is 6.76. The molecule has 0 radical (unpaired) electrons. The summed E-state index contributed by atoms with van der Waals surface area (Å²) in [6.45, 7) is 0. The highest BCUT2D eigenvalue weighted by Crippen LogP contribution is 2.37. The van der Waals surface area contributed by atoms with Crippen molar-refractivity contribution in [3.63, 3.8) is 0 Å². The van der Waals surface area contributed by atoms with Gasteiger partial charge in [-0.05, 0) is 6.07 Å². The fourth-order valence-electron chi connectivity index (χ4n) is 1.45. The van der Waals surface area contributed by atoms with E-state index in [-0.39, 0.29) is 0 Å². The number of nitrogens with one attached hydrogen (secondary N) is 1. The Morgan fingerprint density at radius 1 is 1.42 bits per heavy atom. The zero-order valence-corrected chi connectivity index (χ0v) is 11.3. The molecular weight excluding hydrogens is 299 g/mol. The number of rotatable bonds is 4. The van der Waals surface area contributed by atoms with Crippen LogP contribution in [0.3, 0.4) is 0 Å². The van der Waals surface area contributed by atoms with E-state index in [0.29, 0.717) is 22.0 Å². The van der Waals surface area contributed by atoms with Gasteiger partial charge in [-0.3, -0.25) is 5.84 Å². The highest BCUT2D eigenvalue weighted by Gasteiger charge is 2.35. The normalized spacial score (nSPS) is 13.5. The number of methoxy groups -OCH3 is 1. The molecule has 2 aromatic heterocycles. The fourth-order valence-corrected chi connectivity index (χ4v) is 3.32. The average molecular weight is 309 g/mol. The molecule has 2 heterocycles. The lowest BCUT2D eigenvalue weighted by Gasteiger charge is -2.11. The van der Waals surface area contributed by atoms with Gasteiger partial charge in [-0.1, -0.05) is 0 Å². The molecule has 1 atom stereocenters. The van der Waals surface area contributed by atoms with Crippen LogP contribution in [0.1, 0.15) is 20.8 Å². The van der Waals surface area contributed by atoms with E-state index in [9.17, 15) is 13.2 Å². The van der Waals surface area contributed by atoms with Crippen LogP contribution in [-0.2, 0) is 6.18 Å². The standard InChI is InChI=1S/C10H10F3N3OS2/c1-17-5-2-6(18-4-5)8(16-14)7-3-15-9(19-7)10(11,12)13/h2-4,8,16H,14H2,1H3. The van der Waals surface area contributed by atoms with E-state index in [1.807, 2.05) is 0 Å². The largest absolute Gasteiger partial charge is 0.496 e. The summed E-state index contributed by atoms with van der Waals surface area (Å²) >= 11 is 1.92. The molecule has 19 heavy (non-hydrogen) atoms. The van der Waals surface area contributed by atoms with Gasteiger partial charge in [0, 0.05) is 21.3 Å². The number of hydrogen-bond acceptors (Lipinski definition) is 6. The van der Waals surface area contributed by atoms with Gasteiger partial charge in [0.15, 0.2) is 5.01 Å². The van der Waals surface area contributed by atoms with Crippen molar-refractivity contribution >= 4 is 22.7 Å². The van der Waals surface area contributed by atoms with Crippen LogP contribution in [0.4, 0.5) is 13.2 Å². The van der Waals surface area contributed by atoms with E-state index in [4.69, 9.17) is 10.6 Å². The van der Waals surface area contributed by atoms with E-state index >= 15 is 0 Å². The van der Waals surface area contributed by atoms with Crippen molar-refractivity contribution in [3.05, 3.63) is 32.4 Å². The molecule has 0 fully saturated rings. The van der Waals surface area contributed by atoms with Crippen molar-refractivity contribution in [2.45, 2.75) is 12.2 Å². The number of alkyl halides is 3. The van der Waals surface area contributed by atoms with Gasteiger partial charge in [0.2, 0.25) is 0 Å². The first-order valence-electron chi connectivity index (χ1n) is 5.07. The summed E-state index contributed by atoms with van der Waals surface area (Å²) in [4.78, 5) is 4.54. The number of hydrazine groups is 1. The first-order chi connectivity index (χ1) is 8.95. The summed E-state index contributed by atoms with van der Waals surface area (Å²) in [5, 5.41) is 0.872. The maximum atomic E-state index is 12.5. The number of thiazole rings is 1. The number of hydrogen-bond donors (Lipinski definition) is 2. The minimum absolute atomic E-state index is 0.402. The SMILES string of the molecule is COc1csc(C(NN)c2cnc(C(F)(F)F)s2)c1. The van der Waals surface area contributed by atoms with Gasteiger partial charge in [0.1, 0.15) is 5.75 Å². The van der Waals surface area contributed by atoms with Crippen molar-refractivity contribution in [2.75, 3.05) is 7.11 Å². The third kappa shape index (κ3) is 3.06. The lowest BCUT2D eigenvalue weighted by molar-refractivity contribution is -0.137. The molecule has 0 saturated carbocycles. The zero-order valence-electron chi connectivity index (χ0n) is 9.69. The van der Waals surface area contributed by atoms with E-state index in [1.54, 1.807) is 11.4 Å². The molecule has 0 aliphatic carbocycles. The molecule has 0 bridgehead atoms. The van der Waals surface area contributed by atoms with Crippen molar-refractivity contribution in [1.82, 2.24) is 10.4 Å². The molecule has 0 saturated heterocycles. The fraction of sp³-hybridized carbons (Fsp3) is 0.300. The summed E-state index contributed by atoms with van der Waals surface area (Å²) in [5.41, 5.74) is 2.49. The Bertz CT molecular complexity index is 552. The maximum absolute atomic E-state index is 12.5. The molecule has 3 N–H and O–H groups in total. The molecule has 0 spiro atoms. The van der Waals surface area contributed by atoms with Crippen molar-refractivity contribution in [3.8, 4) is 5.75 Å². The second kappa shape index (κ2) is 5.45.